The Labute approximate surface area is 221 Å². The molecule has 3 aromatic heterocycles. The molecule has 0 radical (unpaired) electrons. The van der Waals surface area contributed by atoms with Gasteiger partial charge in [0.05, 0.1) is 41.3 Å². The molecule has 5 rings (SSSR count). The van der Waals surface area contributed by atoms with Crippen LogP contribution in [0.2, 0.25) is 0 Å². The number of aromatic nitrogens is 6. The first-order valence-corrected chi connectivity index (χ1v) is 12.8. The molecule has 1 aliphatic carbocycles. The van der Waals surface area contributed by atoms with Gasteiger partial charge < -0.3 is 15.2 Å². The molecule has 1 aliphatic rings. The minimum atomic E-state index is -0.750. The first-order valence-electron chi connectivity index (χ1n) is 12.8. The number of carboxylic acid groups (broad SMARTS) is 1. The number of aliphatic carboxylic acids is 1. The zero-order valence-corrected chi connectivity index (χ0v) is 21.8. The Morgan fingerprint density at radius 1 is 1.11 bits per heavy atom. The fourth-order valence-electron chi connectivity index (χ4n) is 4.81. The van der Waals surface area contributed by atoms with Gasteiger partial charge in [0.1, 0.15) is 11.4 Å². The van der Waals surface area contributed by atoms with Crippen LogP contribution in [0.5, 0.6) is 5.75 Å². The zero-order chi connectivity index (χ0) is 26.6. The normalized spacial score (nSPS) is 17.2. The van der Waals surface area contributed by atoms with Crippen molar-refractivity contribution in [2.45, 2.75) is 52.2 Å². The van der Waals surface area contributed by atoms with Crippen molar-refractivity contribution in [2.24, 2.45) is 13.0 Å². The predicted molar refractivity (Wildman–Crippen MR) is 143 cm³/mol. The van der Waals surface area contributed by atoms with Crippen LogP contribution in [0.25, 0.3) is 22.6 Å². The maximum absolute atomic E-state index is 11.4. The monoisotopic (exact) mass is 513 g/mol. The Morgan fingerprint density at radius 2 is 1.92 bits per heavy atom. The number of benzene rings is 1. The lowest BCUT2D eigenvalue weighted by Crippen LogP contribution is -2.29. The summed E-state index contributed by atoms with van der Waals surface area (Å²) in [4.78, 5) is 25.3. The zero-order valence-electron chi connectivity index (χ0n) is 21.8. The second kappa shape index (κ2) is 11.0. The number of anilines is 1. The molecule has 1 aromatic carbocycles. The molecule has 0 spiro atoms. The molecule has 196 valence electrons. The summed E-state index contributed by atoms with van der Waals surface area (Å²) < 4.78 is 7.87. The molecule has 0 amide bonds. The van der Waals surface area contributed by atoms with Crippen LogP contribution in [-0.4, -0.2) is 47.1 Å². The molecule has 10 nitrogen and oxygen atoms in total. The molecule has 3 heterocycles. The Balaban J connectivity index is 1.31. The number of nitrogens with zero attached hydrogens (tertiary/aromatic N) is 6. The summed E-state index contributed by atoms with van der Waals surface area (Å²) in [6.07, 6.45) is 4.61. The Morgan fingerprint density at radius 3 is 2.68 bits per heavy atom. The molecule has 0 bridgehead atoms. The fraction of sp³-hybridized carbons (Fsp3) is 0.357. The van der Waals surface area contributed by atoms with Gasteiger partial charge in [-0.2, -0.15) is 0 Å². The van der Waals surface area contributed by atoms with Gasteiger partial charge in [0.2, 0.25) is 5.95 Å². The SMILES string of the molecule is Cc1cnc(NCc2c(-c3ccc(O[C@H]4CCC[C@H](C(=O)O)C4)c(C)n3)nnn2C)nc1-c1ccccc1. The van der Waals surface area contributed by atoms with Crippen LogP contribution in [0.4, 0.5) is 5.95 Å². The van der Waals surface area contributed by atoms with Crippen molar-refractivity contribution < 1.29 is 14.6 Å². The number of pyridine rings is 1. The topological polar surface area (TPSA) is 128 Å². The van der Waals surface area contributed by atoms with Gasteiger partial charge >= 0.3 is 5.97 Å². The van der Waals surface area contributed by atoms with Gasteiger partial charge in [0.15, 0.2) is 0 Å². The van der Waals surface area contributed by atoms with Crippen LogP contribution in [0.1, 0.15) is 42.6 Å². The first kappa shape index (κ1) is 25.3. The number of nitrogens with one attached hydrogen (secondary N) is 1. The number of carbonyl (C=O) groups is 1. The number of hydrogen-bond acceptors (Lipinski definition) is 8. The van der Waals surface area contributed by atoms with Gasteiger partial charge in [-0.1, -0.05) is 35.5 Å². The summed E-state index contributed by atoms with van der Waals surface area (Å²) in [5, 5.41) is 21.2. The highest BCUT2D eigenvalue weighted by Crippen LogP contribution is 2.30. The van der Waals surface area contributed by atoms with E-state index in [2.05, 4.69) is 20.6 Å². The molecule has 0 unspecified atom stereocenters. The minimum Gasteiger partial charge on any atom is -0.489 e. The standard InChI is InChI=1S/C28H31N7O3/c1-17-15-29-28(32-25(17)19-8-5-4-6-9-19)30-16-23-26(33-34-35(23)3)22-12-13-24(18(2)31-22)38-21-11-7-10-20(14-21)27(36)37/h4-6,8-9,12-13,15,20-21H,7,10-11,14,16H2,1-3H3,(H,36,37)(H,29,30,32)/t20-,21-/m0/s1. The number of aryl methyl sites for hydroxylation is 3. The molecule has 0 aliphatic heterocycles. The molecule has 2 atom stereocenters. The number of ether oxygens (including phenoxy) is 1. The van der Waals surface area contributed by atoms with E-state index in [9.17, 15) is 9.90 Å². The van der Waals surface area contributed by atoms with Crippen molar-refractivity contribution in [2.75, 3.05) is 5.32 Å². The van der Waals surface area contributed by atoms with Gasteiger partial charge in [0.25, 0.3) is 0 Å². The van der Waals surface area contributed by atoms with Crippen molar-refractivity contribution in [3.8, 4) is 28.4 Å². The van der Waals surface area contributed by atoms with Crippen LogP contribution < -0.4 is 10.1 Å². The Hall–Kier alpha value is -4.34. The van der Waals surface area contributed by atoms with Crippen LogP contribution in [-0.2, 0) is 18.4 Å². The third-order valence-corrected chi connectivity index (χ3v) is 6.92. The Bertz CT molecular complexity index is 1440. The average molecular weight is 514 g/mol. The van der Waals surface area contributed by atoms with Gasteiger partial charge in [-0.05, 0) is 57.2 Å². The smallest absolute Gasteiger partial charge is 0.306 e. The number of rotatable bonds is 8. The highest BCUT2D eigenvalue weighted by molar-refractivity contribution is 5.70. The average Bonchev–Trinajstić information content (AvgIpc) is 3.30. The van der Waals surface area contributed by atoms with Gasteiger partial charge in [-0.25, -0.2) is 19.6 Å². The maximum atomic E-state index is 11.4. The number of carboxylic acids is 1. The summed E-state index contributed by atoms with van der Waals surface area (Å²) in [6, 6.07) is 13.8. The third-order valence-electron chi connectivity index (χ3n) is 6.92. The van der Waals surface area contributed by atoms with Gasteiger partial charge in [0, 0.05) is 18.8 Å². The lowest BCUT2D eigenvalue weighted by atomic mass is 9.87. The van der Waals surface area contributed by atoms with Crippen molar-refractivity contribution in [1.82, 2.24) is 29.9 Å². The lowest BCUT2D eigenvalue weighted by Gasteiger charge is -2.27. The highest BCUT2D eigenvalue weighted by Gasteiger charge is 2.28. The van der Waals surface area contributed by atoms with Crippen LogP contribution in [0, 0.1) is 19.8 Å². The van der Waals surface area contributed by atoms with Crippen LogP contribution >= 0.6 is 0 Å². The molecule has 0 saturated heterocycles. The third kappa shape index (κ3) is 5.49. The molecule has 10 heteroatoms. The van der Waals surface area contributed by atoms with E-state index in [1.807, 2.05) is 69.6 Å². The lowest BCUT2D eigenvalue weighted by molar-refractivity contribution is -0.143. The quantitative estimate of drug-likeness (QED) is 0.348. The van der Waals surface area contributed by atoms with E-state index in [1.165, 1.54) is 0 Å². The van der Waals surface area contributed by atoms with Crippen molar-refractivity contribution in [1.29, 1.82) is 0 Å². The van der Waals surface area contributed by atoms with E-state index in [-0.39, 0.29) is 12.0 Å². The van der Waals surface area contributed by atoms with Crippen molar-refractivity contribution in [3.63, 3.8) is 0 Å². The van der Waals surface area contributed by atoms with Gasteiger partial charge in [-0.3, -0.25) is 4.79 Å². The first-order chi connectivity index (χ1) is 18.4. The molecule has 1 fully saturated rings. The molecule has 2 N–H and O–H groups in total. The van der Waals surface area contributed by atoms with E-state index in [1.54, 1.807) is 4.68 Å². The minimum absolute atomic E-state index is 0.122. The molecular weight excluding hydrogens is 482 g/mol. The van der Waals surface area contributed by atoms with Crippen molar-refractivity contribution in [3.05, 3.63) is 65.6 Å². The van der Waals surface area contributed by atoms with E-state index in [0.717, 1.165) is 41.1 Å². The summed E-state index contributed by atoms with van der Waals surface area (Å²) in [6.45, 7) is 4.29. The highest BCUT2D eigenvalue weighted by atomic mass is 16.5. The second-order valence-corrected chi connectivity index (χ2v) is 9.67. The Kier molecular flexibility index (Phi) is 7.30. The van der Waals surface area contributed by atoms with Gasteiger partial charge in [-0.15, -0.1) is 5.10 Å². The van der Waals surface area contributed by atoms with E-state index in [4.69, 9.17) is 14.7 Å². The molecule has 4 aromatic rings. The molecular formula is C28H31N7O3. The molecule has 1 saturated carbocycles. The van der Waals surface area contributed by atoms with E-state index in [0.29, 0.717) is 42.5 Å². The second-order valence-electron chi connectivity index (χ2n) is 9.67. The predicted octanol–water partition coefficient (Wildman–Crippen LogP) is 4.59. The molecule has 38 heavy (non-hydrogen) atoms. The van der Waals surface area contributed by atoms with Crippen LogP contribution in [0.3, 0.4) is 0 Å². The summed E-state index contributed by atoms with van der Waals surface area (Å²) in [7, 11) is 1.84. The van der Waals surface area contributed by atoms with E-state index < -0.39 is 5.97 Å². The van der Waals surface area contributed by atoms with E-state index >= 15 is 0 Å². The summed E-state index contributed by atoms with van der Waals surface area (Å²) in [5.41, 5.74) is 5.82. The number of hydrogen-bond donors (Lipinski definition) is 2. The maximum Gasteiger partial charge on any atom is 0.306 e. The summed E-state index contributed by atoms with van der Waals surface area (Å²) in [5.74, 6) is 0.0772. The van der Waals surface area contributed by atoms with Crippen molar-refractivity contribution >= 4 is 11.9 Å². The summed E-state index contributed by atoms with van der Waals surface area (Å²) >= 11 is 0. The van der Waals surface area contributed by atoms with Crippen LogP contribution in [0.15, 0.2) is 48.7 Å². The largest absolute Gasteiger partial charge is 0.489 e. The fourth-order valence-corrected chi connectivity index (χ4v) is 4.81.